The summed E-state index contributed by atoms with van der Waals surface area (Å²) in [6.07, 6.45) is 5.91. The second kappa shape index (κ2) is 9.44. The normalized spacial score (nSPS) is 12.7. The van der Waals surface area contributed by atoms with Crippen molar-refractivity contribution in [1.29, 1.82) is 5.26 Å². The molecule has 0 aliphatic heterocycles. The highest BCUT2D eigenvalue weighted by atomic mass is 35.5. The number of nitrogens with zero attached hydrogens (tertiary/aromatic N) is 6. The van der Waals surface area contributed by atoms with Gasteiger partial charge in [0.2, 0.25) is 5.75 Å². The van der Waals surface area contributed by atoms with Gasteiger partial charge in [-0.1, -0.05) is 23.7 Å². The zero-order chi connectivity index (χ0) is 25.3. The number of carbonyl (C=O) groups is 1. The summed E-state index contributed by atoms with van der Waals surface area (Å²) >= 11 is 6.27. The molecule has 0 unspecified atom stereocenters. The van der Waals surface area contributed by atoms with Crippen molar-refractivity contribution in [1.82, 2.24) is 24.5 Å². The number of anilines is 1. The van der Waals surface area contributed by atoms with Crippen molar-refractivity contribution in [3.8, 4) is 11.8 Å². The highest BCUT2D eigenvalue weighted by Gasteiger charge is 2.31. The molecule has 0 spiro atoms. The summed E-state index contributed by atoms with van der Waals surface area (Å²) in [5, 5.41) is 30.8. The number of benzene rings is 1. The lowest BCUT2D eigenvalue weighted by atomic mass is 9.80. The Bertz CT molecular complexity index is 1500. The van der Waals surface area contributed by atoms with Gasteiger partial charge in [0.05, 0.1) is 24.0 Å². The molecule has 2 atom stereocenters. The van der Waals surface area contributed by atoms with Crippen molar-refractivity contribution in [2.24, 2.45) is 14.1 Å². The summed E-state index contributed by atoms with van der Waals surface area (Å²) in [7, 11) is 3.21. The monoisotopic (exact) mass is 493 g/mol. The van der Waals surface area contributed by atoms with E-state index in [1.54, 1.807) is 49.2 Å². The van der Waals surface area contributed by atoms with Gasteiger partial charge in [-0.2, -0.15) is 10.4 Å². The smallest absolute Gasteiger partial charge is 0.296 e. The maximum absolute atomic E-state index is 12.9. The second-order valence-electron chi connectivity index (χ2n) is 7.96. The first kappa shape index (κ1) is 23.7. The molecule has 3 heterocycles. The Labute approximate surface area is 204 Å². The van der Waals surface area contributed by atoms with Crippen molar-refractivity contribution in [2.45, 2.75) is 18.8 Å². The molecule has 0 radical (unpaired) electrons. The van der Waals surface area contributed by atoms with Gasteiger partial charge in [0.1, 0.15) is 17.8 Å². The van der Waals surface area contributed by atoms with Gasteiger partial charge in [-0.25, -0.2) is 4.98 Å². The van der Waals surface area contributed by atoms with Crippen LogP contribution in [0.3, 0.4) is 0 Å². The molecule has 11 nitrogen and oxygen atoms in total. The number of rotatable bonds is 6. The number of amides is 1. The summed E-state index contributed by atoms with van der Waals surface area (Å²) < 4.78 is 7.49. The lowest BCUT2D eigenvalue weighted by molar-refractivity contribution is 0.101. The van der Waals surface area contributed by atoms with Crippen LogP contribution in [0.15, 0.2) is 52.4 Å². The van der Waals surface area contributed by atoms with Gasteiger partial charge in [0.15, 0.2) is 5.69 Å². The molecule has 0 aliphatic rings. The topological polar surface area (TPSA) is 152 Å². The van der Waals surface area contributed by atoms with E-state index >= 15 is 0 Å². The fourth-order valence-electron chi connectivity index (χ4n) is 4.01. The van der Waals surface area contributed by atoms with Crippen LogP contribution in [0.1, 0.15) is 51.8 Å². The second-order valence-corrected chi connectivity index (χ2v) is 8.39. The van der Waals surface area contributed by atoms with Gasteiger partial charge in [-0.05, 0) is 29.3 Å². The Hall–Kier alpha value is -4.43. The van der Waals surface area contributed by atoms with Crippen molar-refractivity contribution < 1.29 is 14.4 Å². The maximum atomic E-state index is 12.9. The van der Waals surface area contributed by atoms with Crippen LogP contribution < -0.4 is 10.9 Å². The fourth-order valence-corrected chi connectivity index (χ4v) is 4.19. The van der Waals surface area contributed by atoms with Gasteiger partial charge >= 0.3 is 0 Å². The van der Waals surface area contributed by atoms with E-state index in [-0.39, 0.29) is 11.5 Å². The van der Waals surface area contributed by atoms with E-state index < -0.39 is 34.7 Å². The van der Waals surface area contributed by atoms with Crippen LogP contribution in [0, 0.1) is 11.3 Å². The summed E-state index contributed by atoms with van der Waals surface area (Å²) in [5.74, 6) is -2.45. The van der Waals surface area contributed by atoms with E-state index in [0.717, 1.165) is 5.56 Å². The third kappa shape index (κ3) is 4.51. The lowest BCUT2D eigenvalue weighted by Crippen LogP contribution is -2.29. The zero-order valence-electron chi connectivity index (χ0n) is 18.9. The van der Waals surface area contributed by atoms with E-state index in [1.165, 1.54) is 24.1 Å². The van der Waals surface area contributed by atoms with Crippen LogP contribution in [-0.2, 0) is 14.1 Å². The van der Waals surface area contributed by atoms with E-state index in [9.17, 15) is 20.0 Å². The molecule has 12 heteroatoms. The average molecular weight is 494 g/mol. The number of aromatic nitrogens is 5. The van der Waals surface area contributed by atoms with E-state index in [0.29, 0.717) is 16.1 Å². The molecular formula is C23H20ClN7O4. The van der Waals surface area contributed by atoms with Gasteiger partial charge in [-0.15, -0.1) is 0 Å². The molecule has 35 heavy (non-hydrogen) atoms. The minimum absolute atomic E-state index is 0.209. The molecule has 0 fully saturated rings. The minimum atomic E-state index is -0.810. The molecule has 0 saturated carbocycles. The third-order valence-electron chi connectivity index (χ3n) is 5.67. The number of hydrogen-bond acceptors (Lipinski definition) is 8. The number of carbonyl (C=O) groups excluding carboxylic acids is 1. The number of hydrogen-bond donors (Lipinski definition) is 2. The van der Waals surface area contributed by atoms with E-state index in [4.69, 9.17) is 16.1 Å². The summed E-state index contributed by atoms with van der Waals surface area (Å²) in [4.78, 5) is 30.1. The number of halogens is 1. The average Bonchev–Trinajstić information content (AvgIpc) is 3.49. The molecule has 0 bridgehead atoms. The molecule has 4 rings (SSSR count). The summed E-state index contributed by atoms with van der Waals surface area (Å²) in [6, 6.07) is 7.11. The van der Waals surface area contributed by atoms with Gasteiger partial charge < -0.3 is 14.9 Å². The first-order valence-electron chi connectivity index (χ1n) is 10.4. The van der Waals surface area contributed by atoms with Crippen LogP contribution >= 0.6 is 11.6 Å². The number of nitriles is 1. The number of aryl methyl sites for hydroxylation is 1. The number of aromatic hydroxyl groups is 1. The van der Waals surface area contributed by atoms with Gasteiger partial charge in [0.25, 0.3) is 11.5 Å². The zero-order valence-corrected chi connectivity index (χ0v) is 19.7. The quantitative estimate of drug-likeness (QED) is 0.416. The lowest BCUT2D eigenvalue weighted by Gasteiger charge is -2.26. The molecule has 1 amide bonds. The van der Waals surface area contributed by atoms with Crippen molar-refractivity contribution in [3.05, 3.63) is 86.6 Å². The predicted octanol–water partition coefficient (Wildman–Crippen LogP) is 2.92. The molecule has 178 valence electrons. The Morgan fingerprint density at radius 3 is 2.71 bits per heavy atom. The Kier molecular flexibility index (Phi) is 6.40. The maximum Gasteiger partial charge on any atom is 0.296 e. The molecule has 2 N–H and O–H groups in total. The van der Waals surface area contributed by atoms with Gasteiger partial charge in [-0.3, -0.25) is 18.8 Å². The van der Waals surface area contributed by atoms with E-state index in [2.05, 4.69) is 26.6 Å². The summed E-state index contributed by atoms with van der Waals surface area (Å²) in [6.45, 7) is 1.81. The fraction of sp³-hybridized carbons (Fsp3) is 0.217. The highest BCUT2D eigenvalue weighted by Crippen LogP contribution is 2.39. The van der Waals surface area contributed by atoms with Crippen LogP contribution in [-0.4, -0.2) is 35.5 Å². The Morgan fingerprint density at radius 1 is 1.31 bits per heavy atom. The third-order valence-corrected chi connectivity index (χ3v) is 5.90. The largest absolute Gasteiger partial charge is 0.501 e. The van der Waals surface area contributed by atoms with Crippen LogP contribution in [0.25, 0.3) is 0 Å². The van der Waals surface area contributed by atoms with Crippen molar-refractivity contribution in [2.75, 3.05) is 5.32 Å². The minimum Gasteiger partial charge on any atom is -0.501 e. The molecule has 3 aromatic heterocycles. The standard InChI is InChI=1S/C23H20ClN7O4/c1-12(18(14-8-26-30(2)10-14)17-6-15(24)5-4-13(17)7-25)21-29-19(20(32)23(34)31(21)3)22(33)28-16-9-27-35-11-16/h4-6,8-12,18,32H,1-3H3,(H,28,33)/t12-,18+/m1/s1. The van der Waals surface area contributed by atoms with Crippen molar-refractivity contribution in [3.63, 3.8) is 0 Å². The van der Waals surface area contributed by atoms with Gasteiger partial charge in [0, 0.05) is 37.2 Å². The Balaban J connectivity index is 1.87. The van der Waals surface area contributed by atoms with Crippen LogP contribution in [0.2, 0.25) is 5.02 Å². The summed E-state index contributed by atoms with van der Waals surface area (Å²) in [5.41, 5.74) is 0.734. The Morgan fingerprint density at radius 2 is 2.09 bits per heavy atom. The SMILES string of the molecule is C[C@@H](c1nc(C(=O)Nc2cnoc2)c(O)c(=O)n1C)[C@@H](c1cnn(C)c1)c1cc(Cl)ccc1C#N. The van der Waals surface area contributed by atoms with Crippen LogP contribution in [0.5, 0.6) is 5.75 Å². The first-order chi connectivity index (χ1) is 16.7. The predicted molar refractivity (Wildman–Crippen MR) is 125 cm³/mol. The van der Waals surface area contributed by atoms with Crippen molar-refractivity contribution >= 4 is 23.2 Å². The van der Waals surface area contributed by atoms with Crippen LogP contribution in [0.4, 0.5) is 5.69 Å². The number of nitrogens with one attached hydrogen (secondary N) is 1. The molecular weight excluding hydrogens is 474 g/mol. The van der Waals surface area contributed by atoms with E-state index in [1.807, 2.05) is 0 Å². The highest BCUT2D eigenvalue weighted by molar-refractivity contribution is 6.30. The molecule has 4 aromatic rings. The molecule has 1 aromatic carbocycles. The first-order valence-corrected chi connectivity index (χ1v) is 10.8. The molecule has 0 aliphatic carbocycles. The molecule has 0 saturated heterocycles.